The molecule has 3 rings (SSSR count). The number of nitrogens with one attached hydrogen (secondary N) is 1. The van der Waals surface area contributed by atoms with E-state index < -0.39 is 6.36 Å². The maximum atomic E-state index is 12.1. The summed E-state index contributed by atoms with van der Waals surface area (Å²) in [6, 6.07) is 11.9. The first kappa shape index (κ1) is 17.6. The molecule has 26 heavy (non-hydrogen) atoms. The number of aromatic nitrogens is 3. The van der Waals surface area contributed by atoms with Crippen LogP contribution in [0, 0.1) is 0 Å². The Morgan fingerprint density at radius 1 is 1.04 bits per heavy atom. The monoisotopic (exact) mass is 364 g/mol. The van der Waals surface area contributed by atoms with Crippen molar-refractivity contribution < 1.29 is 22.6 Å². The number of methoxy groups -OCH3 is 1. The van der Waals surface area contributed by atoms with Crippen molar-refractivity contribution in [2.45, 2.75) is 12.9 Å². The van der Waals surface area contributed by atoms with Crippen LogP contribution in [-0.4, -0.2) is 28.2 Å². The molecule has 0 unspecified atom stereocenters. The average Bonchev–Trinajstić information content (AvgIpc) is 3.09. The van der Waals surface area contributed by atoms with E-state index in [-0.39, 0.29) is 5.75 Å². The summed E-state index contributed by atoms with van der Waals surface area (Å²) in [6.07, 6.45) is -1.91. The van der Waals surface area contributed by atoms with Crippen molar-refractivity contribution in [1.29, 1.82) is 0 Å². The van der Waals surface area contributed by atoms with Gasteiger partial charge < -0.3 is 14.8 Å². The largest absolute Gasteiger partial charge is 0.573 e. The van der Waals surface area contributed by atoms with Gasteiger partial charge in [-0.05, 0) is 42.5 Å². The Hall–Kier alpha value is -3.23. The van der Waals surface area contributed by atoms with Crippen molar-refractivity contribution in [2.75, 3.05) is 12.4 Å². The highest BCUT2D eigenvalue weighted by atomic mass is 19.4. The number of rotatable bonds is 6. The molecule has 9 heteroatoms. The molecular formula is C17H15F3N4O2. The third kappa shape index (κ3) is 4.65. The fraction of sp³-hybridized carbons (Fsp3) is 0.176. The molecule has 0 spiro atoms. The molecule has 0 aliphatic heterocycles. The third-order valence-corrected chi connectivity index (χ3v) is 3.40. The molecule has 2 heterocycles. The van der Waals surface area contributed by atoms with Gasteiger partial charge in [0, 0.05) is 6.20 Å². The first-order valence-electron chi connectivity index (χ1n) is 7.57. The number of anilines is 1. The Balaban J connectivity index is 1.59. The van der Waals surface area contributed by atoms with E-state index in [1.54, 1.807) is 11.8 Å². The molecule has 0 bridgehead atoms. The van der Waals surface area contributed by atoms with Crippen LogP contribution >= 0.6 is 0 Å². The number of ether oxygens (including phenoxy) is 2. The molecule has 0 fully saturated rings. The van der Waals surface area contributed by atoms with Gasteiger partial charge >= 0.3 is 6.36 Å². The van der Waals surface area contributed by atoms with E-state index in [4.69, 9.17) is 4.74 Å². The molecule has 136 valence electrons. The van der Waals surface area contributed by atoms with Gasteiger partial charge in [-0.25, -0.2) is 9.67 Å². The molecule has 0 amide bonds. The van der Waals surface area contributed by atoms with E-state index in [2.05, 4.69) is 20.1 Å². The molecule has 0 atom stereocenters. The number of hydrogen-bond acceptors (Lipinski definition) is 5. The number of halogens is 3. The number of benzene rings is 1. The second-order valence-electron chi connectivity index (χ2n) is 5.23. The van der Waals surface area contributed by atoms with Gasteiger partial charge in [0.2, 0.25) is 0 Å². The van der Waals surface area contributed by atoms with Gasteiger partial charge in [0.25, 0.3) is 0 Å². The maximum absolute atomic E-state index is 12.1. The Morgan fingerprint density at radius 2 is 1.77 bits per heavy atom. The van der Waals surface area contributed by atoms with Crippen molar-refractivity contribution in [1.82, 2.24) is 14.8 Å². The lowest BCUT2D eigenvalue weighted by Gasteiger charge is -2.09. The van der Waals surface area contributed by atoms with Crippen molar-refractivity contribution in [3.63, 3.8) is 0 Å². The normalized spacial score (nSPS) is 11.2. The average molecular weight is 364 g/mol. The predicted molar refractivity (Wildman–Crippen MR) is 88.4 cm³/mol. The molecule has 0 radical (unpaired) electrons. The number of hydrogen-bond donors (Lipinski definition) is 1. The molecular weight excluding hydrogens is 349 g/mol. The fourth-order valence-corrected chi connectivity index (χ4v) is 2.19. The third-order valence-electron chi connectivity index (χ3n) is 3.40. The highest BCUT2D eigenvalue weighted by Crippen LogP contribution is 2.22. The van der Waals surface area contributed by atoms with Crippen molar-refractivity contribution >= 4 is 5.82 Å². The van der Waals surface area contributed by atoms with Crippen LogP contribution in [0.2, 0.25) is 0 Å². The van der Waals surface area contributed by atoms with Crippen LogP contribution in [0.5, 0.6) is 11.5 Å². The standard InChI is InChI=1S/C17H15F3N4O2/c1-25-14-4-2-13(3-5-14)24-9-8-12(23-24)10-21-16-7-6-15(11-22-16)26-17(18,19)20/h2-9,11H,10H2,1H3,(H,21,22). The van der Waals surface area contributed by atoms with Crippen LogP contribution < -0.4 is 14.8 Å². The molecule has 0 aliphatic rings. The lowest BCUT2D eigenvalue weighted by molar-refractivity contribution is -0.274. The van der Waals surface area contributed by atoms with Crippen LogP contribution in [0.3, 0.4) is 0 Å². The molecule has 1 N–H and O–H groups in total. The minimum absolute atomic E-state index is 0.369. The summed E-state index contributed by atoms with van der Waals surface area (Å²) in [6.45, 7) is 0.371. The second-order valence-corrected chi connectivity index (χ2v) is 5.23. The highest BCUT2D eigenvalue weighted by Gasteiger charge is 2.31. The van der Waals surface area contributed by atoms with E-state index in [1.165, 1.54) is 12.1 Å². The predicted octanol–water partition coefficient (Wildman–Crippen LogP) is 3.79. The van der Waals surface area contributed by atoms with Crippen LogP contribution in [0.15, 0.2) is 54.9 Å². The smallest absolute Gasteiger partial charge is 0.497 e. The first-order valence-corrected chi connectivity index (χ1v) is 7.57. The molecule has 2 aromatic heterocycles. The fourth-order valence-electron chi connectivity index (χ4n) is 2.19. The topological polar surface area (TPSA) is 61.2 Å². The maximum Gasteiger partial charge on any atom is 0.573 e. The Morgan fingerprint density at radius 3 is 2.38 bits per heavy atom. The lowest BCUT2D eigenvalue weighted by Crippen LogP contribution is -2.17. The zero-order valence-electron chi connectivity index (χ0n) is 13.7. The van der Waals surface area contributed by atoms with Gasteiger partial charge in [-0.3, -0.25) is 0 Å². The highest BCUT2D eigenvalue weighted by molar-refractivity contribution is 5.39. The van der Waals surface area contributed by atoms with Gasteiger partial charge in [-0.15, -0.1) is 13.2 Å². The zero-order chi connectivity index (χ0) is 18.6. The second kappa shape index (κ2) is 7.34. The van der Waals surface area contributed by atoms with Crippen molar-refractivity contribution in [2.24, 2.45) is 0 Å². The van der Waals surface area contributed by atoms with Gasteiger partial charge in [0.1, 0.15) is 17.3 Å². The minimum atomic E-state index is -4.73. The molecule has 3 aromatic rings. The van der Waals surface area contributed by atoms with E-state index in [9.17, 15) is 13.2 Å². The first-order chi connectivity index (χ1) is 12.4. The van der Waals surface area contributed by atoms with E-state index in [1.807, 2.05) is 36.5 Å². The van der Waals surface area contributed by atoms with Crippen LogP contribution in [0.25, 0.3) is 5.69 Å². The van der Waals surface area contributed by atoms with Gasteiger partial charge in [-0.2, -0.15) is 5.10 Å². The van der Waals surface area contributed by atoms with E-state index in [0.717, 1.165) is 23.3 Å². The molecule has 6 nitrogen and oxygen atoms in total. The van der Waals surface area contributed by atoms with Gasteiger partial charge in [-0.1, -0.05) is 0 Å². The summed E-state index contributed by atoms with van der Waals surface area (Å²) in [5.41, 5.74) is 1.63. The minimum Gasteiger partial charge on any atom is -0.497 e. The summed E-state index contributed by atoms with van der Waals surface area (Å²) in [5.74, 6) is 0.803. The van der Waals surface area contributed by atoms with Crippen LogP contribution in [0.4, 0.5) is 19.0 Å². The Kier molecular flexibility index (Phi) is 4.97. The van der Waals surface area contributed by atoms with Gasteiger partial charge in [0.05, 0.1) is 31.2 Å². The summed E-state index contributed by atoms with van der Waals surface area (Å²) < 4.78 is 46.9. The SMILES string of the molecule is COc1ccc(-n2ccc(CNc3ccc(OC(F)(F)F)cn3)n2)cc1. The van der Waals surface area contributed by atoms with Crippen molar-refractivity contribution in [3.8, 4) is 17.2 Å². The Labute approximate surface area is 147 Å². The van der Waals surface area contributed by atoms with Crippen molar-refractivity contribution in [3.05, 3.63) is 60.6 Å². The summed E-state index contributed by atoms with van der Waals surface area (Å²) in [7, 11) is 1.60. The summed E-state index contributed by atoms with van der Waals surface area (Å²) in [4.78, 5) is 3.88. The van der Waals surface area contributed by atoms with E-state index >= 15 is 0 Å². The quantitative estimate of drug-likeness (QED) is 0.721. The molecule has 0 aliphatic carbocycles. The van der Waals surface area contributed by atoms with E-state index in [0.29, 0.717) is 12.4 Å². The zero-order valence-corrected chi connectivity index (χ0v) is 13.7. The lowest BCUT2D eigenvalue weighted by atomic mass is 10.3. The number of alkyl halides is 3. The van der Waals surface area contributed by atoms with Gasteiger partial charge in [0.15, 0.2) is 0 Å². The van der Waals surface area contributed by atoms with Crippen LogP contribution in [0.1, 0.15) is 5.69 Å². The van der Waals surface area contributed by atoms with Crippen LogP contribution in [-0.2, 0) is 6.54 Å². The molecule has 0 saturated carbocycles. The molecule has 0 saturated heterocycles. The molecule has 1 aromatic carbocycles. The Bertz CT molecular complexity index is 846. The summed E-state index contributed by atoms with van der Waals surface area (Å²) >= 11 is 0. The number of nitrogens with zero attached hydrogens (tertiary/aromatic N) is 3. The number of pyridine rings is 1. The summed E-state index contributed by atoms with van der Waals surface area (Å²) in [5, 5.41) is 7.42.